The molecular weight excluding hydrogens is 226 g/mol. The molecule has 2 fully saturated rings. The van der Waals surface area contributed by atoms with E-state index >= 15 is 0 Å². The van der Waals surface area contributed by atoms with Crippen LogP contribution in [0.1, 0.15) is 12.8 Å². The summed E-state index contributed by atoms with van der Waals surface area (Å²) in [7, 11) is 3.90. The normalized spacial score (nSPS) is 28.2. The maximum absolute atomic E-state index is 5.22. The topological polar surface area (TPSA) is 28.6 Å². The smallest absolute Gasteiger partial charge is 0.214 e. The number of hydrogen-bond acceptors (Lipinski definition) is 4. The summed E-state index contributed by atoms with van der Waals surface area (Å²) < 4.78 is 5.22. The van der Waals surface area contributed by atoms with Crippen molar-refractivity contribution < 1.29 is 4.74 Å². The highest BCUT2D eigenvalue weighted by atomic mass is 16.5. The first kappa shape index (κ1) is 11.8. The molecule has 0 aliphatic carbocycles. The van der Waals surface area contributed by atoms with Gasteiger partial charge in [-0.1, -0.05) is 6.07 Å². The highest BCUT2D eigenvalue weighted by Gasteiger charge is 2.37. The second-order valence-electron chi connectivity index (χ2n) is 5.40. The van der Waals surface area contributed by atoms with Crippen molar-refractivity contribution in [3.05, 3.63) is 18.2 Å². The van der Waals surface area contributed by atoms with Gasteiger partial charge in [0.1, 0.15) is 5.82 Å². The summed E-state index contributed by atoms with van der Waals surface area (Å²) >= 11 is 0. The zero-order chi connectivity index (χ0) is 12.5. The monoisotopic (exact) mass is 247 g/mol. The van der Waals surface area contributed by atoms with Crippen LogP contribution in [0.4, 0.5) is 5.82 Å². The van der Waals surface area contributed by atoms with Gasteiger partial charge >= 0.3 is 0 Å². The number of anilines is 1. The fraction of sp³-hybridized carbons (Fsp3) is 0.643. The summed E-state index contributed by atoms with van der Waals surface area (Å²) in [5, 5.41) is 0. The number of pyridine rings is 1. The molecule has 3 heterocycles. The van der Waals surface area contributed by atoms with Crippen molar-refractivity contribution in [3.8, 4) is 5.88 Å². The van der Waals surface area contributed by atoms with E-state index in [-0.39, 0.29) is 0 Å². The quantitative estimate of drug-likeness (QED) is 0.794. The molecule has 2 atom stereocenters. The lowest BCUT2D eigenvalue weighted by molar-refractivity contribution is 0.202. The number of hydrogen-bond donors (Lipinski definition) is 0. The fourth-order valence-electron chi connectivity index (χ4n) is 3.33. The molecule has 3 rings (SSSR count). The summed E-state index contributed by atoms with van der Waals surface area (Å²) in [5.41, 5.74) is 0. The van der Waals surface area contributed by atoms with Crippen molar-refractivity contribution in [3.63, 3.8) is 0 Å². The van der Waals surface area contributed by atoms with E-state index in [4.69, 9.17) is 4.74 Å². The number of ether oxygens (including phenoxy) is 1. The summed E-state index contributed by atoms with van der Waals surface area (Å²) in [6.07, 6.45) is 2.54. The number of likely N-dealkylation sites (tertiary alicyclic amines) is 1. The van der Waals surface area contributed by atoms with Crippen LogP contribution in [0.2, 0.25) is 0 Å². The predicted octanol–water partition coefficient (Wildman–Crippen LogP) is 1.62. The lowest BCUT2D eigenvalue weighted by atomic mass is 9.93. The van der Waals surface area contributed by atoms with E-state index in [0.29, 0.717) is 11.9 Å². The Labute approximate surface area is 109 Å². The van der Waals surface area contributed by atoms with Crippen molar-refractivity contribution in [2.45, 2.75) is 18.9 Å². The van der Waals surface area contributed by atoms with E-state index in [0.717, 1.165) is 18.3 Å². The molecule has 0 radical (unpaired) electrons. The number of piperidine rings is 1. The van der Waals surface area contributed by atoms with E-state index in [2.05, 4.69) is 27.9 Å². The Morgan fingerprint density at radius 1 is 1.28 bits per heavy atom. The van der Waals surface area contributed by atoms with Gasteiger partial charge in [0.15, 0.2) is 0 Å². The Balaban J connectivity index is 1.80. The van der Waals surface area contributed by atoms with E-state index in [1.165, 1.54) is 25.9 Å². The van der Waals surface area contributed by atoms with Crippen LogP contribution in [-0.4, -0.2) is 49.7 Å². The third kappa shape index (κ3) is 2.05. The van der Waals surface area contributed by atoms with Crippen LogP contribution < -0.4 is 9.64 Å². The van der Waals surface area contributed by atoms with Gasteiger partial charge < -0.3 is 14.5 Å². The molecule has 0 bridgehead atoms. The zero-order valence-corrected chi connectivity index (χ0v) is 11.2. The van der Waals surface area contributed by atoms with Gasteiger partial charge in [-0.2, -0.15) is 4.98 Å². The van der Waals surface area contributed by atoms with E-state index in [1.54, 1.807) is 7.11 Å². The second-order valence-corrected chi connectivity index (χ2v) is 5.40. The van der Waals surface area contributed by atoms with Crippen LogP contribution >= 0.6 is 0 Å². The van der Waals surface area contributed by atoms with Crippen molar-refractivity contribution in [1.29, 1.82) is 0 Å². The molecule has 0 spiro atoms. The average Bonchev–Trinajstić information content (AvgIpc) is 2.81. The van der Waals surface area contributed by atoms with Crippen LogP contribution in [0, 0.1) is 5.92 Å². The summed E-state index contributed by atoms with van der Waals surface area (Å²) in [6, 6.07) is 6.71. The lowest BCUT2D eigenvalue weighted by Crippen LogP contribution is -2.44. The molecule has 2 saturated heterocycles. The third-order valence-corrected chi connectivity index (χ3v) is 4.25. The molecule has 18 heavy (non-hydrogen) atoms. The minimum atomic E-state index is 0.667. The Kier molecular flexibility index (Phi) is 3.12. The molecule has 98 valence electrons. The standard InChI is InChI=1S/C14H21N3O/c1-16-8-7-12-11(10-16)6-9-17(12)13-4-3-5-14(15-13)18-2/h3-5,11-12H,6-10H2,1-2H3/t11-,12?/m1/s1. The predicted molar refractivity (Wildman–Crippen MR) is 72.1 cm³/mol. The minimum Gasteiger partial charge on any atom is -0.481 e. The first-order valence-electron chi connectivity index (χ1n) is 6.74. The van der Waals surface area contributed by atoms with Crippen molar-refractivity contribution >= 4 is 5.82 Å². The first-order chi connectivity index (χ1) is 8.78. The van der Waals surface area contributed by atoms with E-state index in [9.17, 15) is 0 Å². The molecule has 2 aliphatic heterocycles. The lowest BCUT2D eigenvalue weighted by Gasteiger charge is -2.36. The molecule has 0 N–H and O–H groups in total. The van der Waals surface area contributed by atoms with Gasteiger partial charge in [0.05, 0.1) is 7.11 Å². The molecule has 1 unspecified atom stereocenters. The Hall–Kier alpha value is -1.29. The van der Waals surface area contributed by atoms with Crippen LogP contribution in [0.5, 0.6) is 5.88 Å². The van der Waals surface area contributed by atoms with E-state index < -0.39 is 0 Å². The molecular formula is C14H21N3O. The maximum Gasteiger partial charge on any atom is 0.214 e. The Bertz CT molecular complexity index is 423. The molecule has 0 aromatic carbocycles. The van der Waals surface area contributed by atoms with Gasteiger partial charge in [-0.25, -0.2) is 0 Å². The second kappa shape index (κ2) is 4.76. The van der Waals surface area contributed by atoms with Crippen LogP contribution in [0.15, 0.2) is 18.2 Å². The maximum atomic E-state index is 5.22. The highest BCUT2D eigenvalue weighted by molar-refractivity contribution is 5.43. The third-order valence-electron chi connectivity index (χ3n) is 4.25. The number of rotatable bonds is 2. The van der Waals surface area contributed by atoms with Gasteiger partial charge in [-0.05, 0) is 38.4 Å². The fourth-order valence-corrected chi connectivity index (χ4v) is 3.33. The Morgan fingerprint density at radius 3 is 3.00 bits per heavy atom. The molecule has 2 aliphatic rings. The van der Waals surface area contributed by atoms with Gasteiger partial charge in [-0.3, -0.25) is 0 Å². The minimum absolute atomic E-state index is 0.667. The van der Waals surface area contributed by atoms with Gasteiger partial charge in [0.2, 0.25) is 5.88 Å². The molecule has 0 saturated carbocycles. The summed E-state index contributed by atoms with van der Waals surface area (Å²) in [5.74, 6) is 2.59. The van der Waals surface area contributed by atoms with Crippen molar-refractivity contribution in [2.75, 3.05) is 38.7 Å². The number of methoxy groups -OCH3 is 1. The van der Waals surface area contributed by atoms with Crippen molar-refractivity contribution in [2.24, 2.45) is 5.92 Å². The average molecular weight is 247 g/mol. The van der Waals surface area contributed by atoms with Crippen molar-refractivity contribution in [1.82, 2.24) is 9.88 Å². The zero-order valence-electron chi connectivity index (χ0n) is 11.2. The highest BCUT2D eigenvalue weighted by Crippen LogP contribution is 2.34. The molecule has 4 nitrogen and oxygen atoms in total. The first-order valence-corrected chi connectivity index (χ1v) is 6.74. The molecule has 4 heteroatoms. The van der Waals surface area contributed by atoms with Gasteiger partial charge in [0.25, 0.3) is 0 Å². The number of aromatic nitrogens is 1. The van der Waals surface area contributed by atoms with Crippen LogP contribution in [-0.2, 0) is 0 Å². The number of nitrogens with zero attached hydrogens (tertiary/aromatic N) is 3. The summed E-state index contributed by atoms with van der Waals surface area (Å²) in [6.45, 7) is 3.55. The SMILES string of the molecule is COc1cccc(N2CC[C@@H]3CN(C)CCC32)n1. The molecule has 1 aromatic rings. The van der Waals surface area contributed by atoms with Gasteiger partial charge in [0, 0.05) is 25.2 Å². The van der Waals surface area contributed by atoms with Gasteiger partial charge in [-0.15, -0.1) is 0 Å². The van der Waals surface area contributed by atoms with Crippen LogP contribution in [0.25, 0.3) is 0 Å². The largest absolute Gasteiger partial charge is 0.481 e. The summed E-state index contributed by atoms with van der Waals surface area (Å²) in [4.78, 5) is 9.49. The molecule has 0 amide bonds. The van der Waals surface area contributed by atoms with Crippen LogP contribution in [0.3, 0.4) is 0 Å². The Morgan fingerprint density at radius 2 is 2.17 bits per heavy atom. The number of fused-ring (bicyclic) bond motifs is 1. The molecule has 1 aromatic heterocycles. The van der Waals surface area contributed by atoms with E-state index in [1.807, 2.05) is 12.1 Å².